The fourth-order valence-electron chi connectivity index (χ4n) is 1.93. The molecule has 0 aliphatic carbocycles. The van der Waals surface area contributed by atoms with Gasteiger partial charge in [-0.05, 0) is 24.3 Å². The van der Waals surface area contributed by atoms with Gasteiger partial charge in [-0.15, -0.1) is 0 Å². The summed E-state index contributed by atoms with van der Waals surface area (Å²) in [7, 11) is 0. The lowest BCUT2D eigenvalue weighted by Gasteiger charge is -2.12. The minimum atomic E-state index is -0.0840. The monoisotopic (exact) mass is 292 g/mol. The van der Waals surface area contributed by atoms with Gasteiger partial charge in [0, 0.05) is 25.6 Å². The first-order valence-corrected chi connectivity index (χ1v) is 7.74. The van der Waals surface area contributed by atoms with Crippen LogP contribution in [0.3, 0.4) is 0 Å². The number of nitrogens with two attached hydrogens (primary N) is 1. The molecule has 1 amide bonds. The zero-order valence-corrected chi connectivity index (χ0v) is 13.2. The van der Waals surface area contributed by atoms with Crippen LogP contribution in [0, 0.1) is 5.92 Å². The summed E-state index contributed by atoms with van der Waals surface area (Å²) < 4.78 is 5.45. The van der Waals surface area contributed by atoms with Gasteiger partial charge in [0.2, 0.25) is 5.91 Å². The molecule has 0 heterocycles. The van der Waals surface area contributed by atoms with E-state index in [2.05, 4.69) is 19.2 Å². The molecule has 0 fully saturated rings. The summed E-state index contributed by atoms with van der Waals surface area (Å²) in [5.41, 5.74) is 7.13. The van der Waals surface area contributed by atoms with Crippen LogP contribution in [0.5, 0.6) is 0 Å². The number of hydrogen-bond acceptors (Lipinski definition) is 3. The molecular weight excluding hydrogens is 264 g/mol. The van der Waals surface area contributed by atoms with Crippen molar-refractivity contribution in [2.24, 2.45) is 11.7 Å². The average molecular weight is 292 g/mol. The largest absolute Gasteiger partial charge is 0.380 e. The van der Waals surface area contributed by atoms with Crippen LogP contribution in [0.1, 0.15) is 44.7 Å². The Labute approximate surface area is 128 Å². The second kappa shape index (κ2) is 10.4. The average Bonchev–Trinajstić information content (AvgIpc) is 2.49. The van der Waals surface area contributed by atoms with E-state index < -0.39 is 0 Å². The Morgan fingerprint density at radius 1 is 1.19 bits per heavy atom. The fraction of sp³-hybridized carbons (Fsp3) is 0.588. The summed E-state index contributed by atoms with van der Waals surface area (Å²) in [6, 6.07) is 9.78. The van der Waals surface area contributed by atoms with Crippen molar-refractivity contribution >= 4 is 5.91 Å². The summed E-state index contributed by atoms with van der Waals surface area (Å²) in [6.45, 7) is 6.23. The van der Waals surface area contributed by atoms with Gasteiger partial charge in [0.05, 0.1) is 6.61 Å². The van der Waals surface area contributed by atoms with Crippen LogP contribution in [0.4, 0.5) is 0 Å². The summed E-state index contributed by atoms with van der Waals surface area (Å²) in [5.74, 6) is 0.688. The number of nitrogens with one attached hydrogen (secondary N) is 1. The van der Waals surface area contributed by atoms with Gasteiger partial charge in [0.25, 0.3) is 0 Å². The van der Waals surface area contributed by atoms with Crippen LogP contribution >= 0.6 is 0 Å². The number of hydrogen-bond donors (Lipinski definition) is 2. The molecule has 0 aliphatic heterocycles. The van der Waals surface area contributed by atoms with E-state index in [4.69, 9.17) is 10.5 Å². The standard InChI is InChI=1S/C17H28N2O2/c1-14(2)10-12-21-13-11-19-17(20)9-8-16(18)15-6-4-3-5-7-15/h3-7,14,16H,8-13,18H2,1-2H3,(H,19,20). The molecule has 0 radical (unpaired) electrons. The van der Waals surface area contributed by atoms with Crippen molar-refractivity contribution in [2.45, 2.75) is 39.2 Å². The molecule has 0 saturated heterocycles. The molecule has 4 nitrogen and oxygen atoms in total. The number of rotatable bonds is 10. The Bertz CT molecular complexity index is 393. The third kappa shape index (κ3) is 8.48. The van der Waals surface area contributed by atoms with E-state index in [1.54, 1.807) is 0 Å². The molecule has 0 bridgehead atoms. The minimum absolute atomic E-state index is 0.0360. The van der Waals surface area contributed by atoms with E-state index in [1.165, 1.54) is 0 Å². The molecule has 1 unspecified atom stereocenters. The Kier molecular flexibility index (Phi) is 8.71. The van der Waals surface area contributed by atoms with Crippen LogP contribution in [-0.4, -0.2) is 25.7 Å². The number of ether oxygens (including phenoxy) is 1. The normalized spacial score (nSPS) is 12.4. The van der Waals surface area contributed by atoms with Crippen LogP contribution in [0.15, 0.2) is 30.3 Å². The van der Waals surface area contributed by atoms with E-state index in [0.717, 1.165) is 18.6 Å². The van der Waals surface area contributed by atoms with Gasteiger partial charge in [0.15, 0.2) is 0 Å². The Morgan fingerprint density at radius 2 is 1.90 bits per heavy atom. The zero-order valence-electron chi connectivity index (χ0n) is 13.2. The van der Waals surface area contributed by atoms with E-state index in [9.17, 15) is 4.79 Å². The van der Waals surface area contributed by atoms with Crippen LogP contribution in [-0.2, 0) is 9.53 Å². The topological polar surface area (TPSA) is 64.3 Å². The first-order chi connectivity index (χ1) is 10.1. The van der Waals surface area contributed by atoms with Crippen LogP contribution in [0.25, 0.3) is 0 Å². The highest BCUT2D eigenvalue weighted by atomic mass is 16.5. The molecule has 0 spiro atoms. The first-order valence-electron chi connectivity index (χ1n) is 7.74. The highest BCUT2D eigenvalue weighted by molar-refractivity contribution is 5.75. The minimum Gasteiger partial charge on any atom is -0.380 e. The lowest BCUT2D eigenvalue weighted by molar-refractivity contribution is -0.121. The molecule has 4 heteroatoms. The lowest BCUT2D eigenvalue weighted by atomic mass is 10.0. The van der Waals surface area contributed by atoms with E-state index >= 15 is 0 Å². The number of carbonyl (C=O) groups is 1. The second-order valence-electron chi connectivity index (χ2n) is 5.70. The molecular formula is C17H28N2O2. The summed E-state index contributed by atoms with van der Waals surface area (Å²) in [4.78, 5) is 11.7. The molecule has 1 rings (SSSR count). The molecule has 118 valence electrons. The van der Waals surface area contributed by atoms with Crippen molar-refractivity contribution in [1.29, 1.82) is 0 Å². The van der Waals surface area contributed by atoms with Gasteiger partial charge in [-0.1, -0.05) is 44.2 Å². The number of amides is 1. The van der Waals surface area contributed by atoms with Crippen molar-refractivity contribution in [3.8, 4) is 0 Å². The Morgan fingerprint density at radius 3 is 2.57 bits per heavy atom. The maximum absolute atomic E-state index is 11.7. The molecule has 0 aromatic heterocycles. The van der Waals surface area contributed by atoms with Gasteiger partial charge in [-0.25, -0.2) is 0 Å². The second-order valence-corrected chi connectivity index (χ2v) is 5.70. The smallest absolute Gasteiger partial charge is 0.220 e. The third-order valence-electron chi connectivity index (χ3n) is 3.32. The van der Waals surface area contributed by atoms with Crippen molar-refractivity contribution < 1.29 is 9.53 Å². The van der Waals surface area contributed by atoms with Crippen molar-refractivity contribution in [3.63, 3.8) is 0 Å². The zero-order chi connectivity index (χ0) is 15.5. The van der Waals surface area contributed by atoms with Gasteiger partial charge >= 0.3 is 0 Å². The lowest BCUT2D eigenvalue weighted by Crippen LogP contribution is -2.28. The van der Waals surface area contributed by atoms with Crippen LogP contribution in [0.2, 0.25) is 0 Å². The highest BCUT2D eigenvalue weighted by Gasteiger charge is 2.08. The van der Waals surface area contributed by atoms with Gasteiger partial charge in [-0.2, -0.15) is 0 Å². The summed E-state index contributed by atoms with van der Waals surface area (Å²) in [6.07, 6.45) is 2.16. The number of carbonyl (C=O) groups excluding carboxylic acids is 1. The predicted molar refractivity (Wildman–Crippen MR) is 85.9 cm³/mol. The van der Waals surface area contributed by atoms with E-state index in [1.807, 2.05) is 30.3 Å². The van der Waals surface area contributed by atoms with E-state index in [-0.39, 0.29) is 11.9 Å². The molecule has 1 aromatic rings. The van der Waals surface area contributed by atoms with Crippen molar-refractivity contribution in [2.75, 3.05) is 19.8 Å². The quantitative estimate of drug-likeness (QED) is 0.652. The Balaban J connectivity index is 2.06. The highest BCUT2D eigenvalue weighted by Crippen LogP contribution is 2.14. The summed E-state index contributed by atoms with van der Waals surface area (Å²) >= 11 is 0. The third-order valence-corrected chi connectivity index (χ3v) is 3.32. The first kappa shape index (κ1) is 17.7. The van der Waals surface area contributed by atoms with Gasteiger partial charge in [-0.3, -0.25) is 4.79 Å². The molecule has 21 heavy (non-hydrogen) atoms. The molecule has 1 aromatic carbocycles. The Hall–Kier alpha value is -1.39. The fourth-order valence-corrected chi connectivity index (χ4v) is 1.93. The number of benzene rings is 1. The molecule has 3 N–H and O–H groups in total. The molecule has 1 atom stereocenters. The van der Waals surface area contributed by atoms with Crippen molar-refractivity contribution in [1.82, 2.24) is 5.32 Å². The molecule has 0 saturated carbocycles. The van der Waals surface area contributed by atoms with Crippen LogP contribution < -0.4 is 11.1 Å². The SMILES string of the molecule is CC(C)CCOCCNC(=O)CCC(N)c1ccccc1. The predicted octanol–water partition coefficient (Wildman–Crippen LogP) is 2.65. The van der Waals surface area contributed by atoms with E-state index in [0.29, 0.717) is 31.9 Å². The van der Waals surface area contributed by atoms with Crippen molar-refractivity contribution in [3.05, 3.63) is 35.9 Å². The van der Waals surface area contributed by atoms with Gasteiger partial charge < -0.3 is 15.8 Å². The maximum Gasteiger partial charge on any atom is 0.220 e. The maximum atomic E-state index is 11.7. The molecule has 0 aliphatic rings. The van der Waals surface area contributed by atoms with Gasteiger partial charge in [0.1, 0.15) is 0 Å². The summed E-state index contributed by atoms with van der Waals surface area (Å²) in [5, 5.41) is 2.86.